The summed E-state index contributed by atoms with van der Waals surface area (Å²) in [6.45, 7) is 2.25. The fourth-order valence-electron chi connectivity index (χ4n) is 2.18. The van der Waals surface area contributed by atoms with Crippen LogP contribution in [0.1, 0.15) is 12.5 Å². The first-order chi connectivity index (χ1) is 8.97. The number of nitrogens with two attached hydrogens (primary N) is 1. The molecule has 98 valence electrons. The number of aromatic nitrogens is 1. The molecule has 2 aromatic rings. The Labute approximate surface area is 115 Å². The van der Waals surface area contributed by atoms with Crippen LogP contribution in [0.5, 0.6) is 5.75 Å². The highest BCUT2D eigenvalue weighted by Gasteiger charge is 2.35. The fraction of sp³-hybridized carbons (Fsp3) is 0.214. The Morgan fingerprint density at radius 3 is 2.74 bits per heavy atom. The molecule has 0 amide bonds. The van der Waals surface area contributed by atoms with Crippen LogP contribution in [0.25, 0.3) is 11.3 Å². The number of benzene rings is 1. The minimum atomic E-state index is -0.587. The monoisotopic (exact) mass is 278 g/mol. The molecule has 0 aliphatic carbocycles. The maximum absolute atomic E-state index is 13.0. The van der Waals surface area contributed by atoms with Gasteiger partial charge in [-0.1, -0.05) is 11.6 Å². The average molecular weight is 279 g/mol. The lowest BCUT2D eigenvalue weighted by Crippen LogP contribution is -2.34. The number of pyridine rings is 1. The highest BCUT2D eigenvalue weighted by atomic mass is 35.5. The number of rotatable bonds is 1. The number of nitrogens with zero attached hydrogens (tertiary/aromatic N) is 1. The molecule has 2 heterocycles. The minimum absolute atomic E-state index is 0.299. The van der Waals surface area contributed by atoms with Crippen molar-refractivity contribution in [2.45, 2.75) is 12.5 Å². The summed E-state index contributed by atoms with van der Waals surface area (Å²) in [6.07, 6.45) is 0. The van der Waals surface area contributed by atoms with Gasteiger partial charge in [-0.2, -0.15) is 0 Å². The molecule has 2 N–H and O–H groups in total. The quantitative estimate of drug-likeness (QED) is 0.816. The second-order valence-corrected chi connectivity index (χ2v) is 5.27. The Morgan fingerprint density at radius 2 is 2.05 bits per heavy atom. The van der Waals surface area contributed by atoms with Gasteiger partial charge in [-0.25, -0.2) is 9.37 Å². The SMILES string of the molecule is C[C@]1(N)COc2c1cc(Cl)nc2-c1ccc(F)cc1. The Morgan fingerprint density at radius 1 is 1.37 bits per heavy atom. The third kappa shape index (κ3) is 2.07. The van der Waals surface area contributed by atoms with Crippen molar-refractivity contribution in [1.82, 2.24) is 4.98 Å². The first-order valence-electron chi connectivity index (χ1n) is 5.86. The van der Waals surface area contributed by atoms with E-state index in [1.165, 1.54) is 12.1 Å². The maximum atomic E-state index is 13.0. The Balaban J connectivity index is 2.21. The molecule has 3 nitrogen and oxygen atoms in total. The summed E-state index contributed by atoms with van der Waals surface area (Å²) >= 11 is 6.04. The largest absolute Gasteiger partial charge is 0.489 e. The standard InChI is InChI=1S/C14H12ClFN2O/c1-14(17)7-19-13-10(14)6-11(15)18-12(13)8-2-4-9(16)5-3-8/h2-6H,7,17H2,1H3/t14-/m0/s1. The summed E-state index contributed by atoms with van der Waals surface area (Å²) in [5.74, 6) is 0.327. The predicted octanol–water partition coefficient (Wildman–Crippen LogP) is 3.11. The molecule has 1 atom stereocenters. The van der Waals surface area contributed by atoms with Crippen molar-refractivity contribution in [2.75, 3.05) is 6.61 Å². The summed E-state index contributed by atoms with van der Waals surface area (Å²) in [4.78, 5) is 4.27. The van der Waals surface area contributed by atoms with Gasteiger partial charge in [0.1, 0.15) is 23.3 Å². The zero-order chi connectivity index (χ0) is 13.6. The average Bonchev–Trinajstić information content (AvgIpc) is 2.66. The molecular weight excluding hydrogens is 267 g/mol. The van der Waals surface area contributed by atoms with E-state index in [1.54, 1.807) is 18.2 Å². The van der Waals surface area contributed by atoms with Gasteiger partial charge in [-0.15, -0.1) is 0 Å². The molecule has 1 aliphatic heterocycles. The molecule has 0 radical (unpaired) electrons. The molecule has 0 bridgehead atoms. The van der Waals surface area contributed by atoms with Crippen molar-refractivity contribution in [1.29, 1.82) is 0 Å². The Bertz CT molecular complexity index is 641. The van der Waals surface area contributed by atoms with Crippen molar-refractivity contribution in [2.24, 2.45) is 5.73 Å². The normalized spacial score (nSPS) is 21.1. The lowest BCUT2D eigenvalue weighted by Gasteiger charge is -2.15. The molecular formula is C14H12ClFN2O. The summed E-state index contributed by atoms with van der Waals surface area (Å²) in [6, 6.07) is 7.76. The van der Waals surface area contributed by atoms with Crippen molar-refractivity contribution in [3.8, 4) is 17.0 Å². The lowest BCUT2D eigenvalue weighted by atomic mass is 9.95. The Kier molecular flexibility index (Phi) is 2.73. The van der Waals surface area contributed by atoms with Crippen LogP contribution in [0, 0.1) is 5.82 Å². The first kappa shape index (κ1) is 12.4. The van der Waals surface area contributed by atoms with Gasteiger partial charge in [-0.05, 0) is 37.3 Å². The van der Waals surface area contributed by atoms with Gasteiger partial charge in [0, 0.05) is 11.1 Å². The number of ether oxygens (including phenoxy) is 1. The van der Waals surface area contributed by atoms with Crippen molar-refractivity contribution in [3.05, 3.63) is 46.9 Å². The van der Waals surface area contributed by atoms with Crippen LogP contribution in [0.15, 0.2) is 30.3 Å². The number of hydrogen-bond donors (Lipinski definition) is 1. The number of hydrogen-bond acceptors (Lipinski definition) is 3. The first-order valence-corrected chi connectivity index (χ1v) is 6.24. The third-order valence-electron chi connectivity index (χ3n) is 3.19. The molecule has 0 fully saturated rings. The molecule has 1 aromatic heterocycles. The van der Waals surface area contributed by atoms with Gasteiger partial charge in [0.15, 0.2) is 5.75 Å². The van der Waals surface area contributed by atoms with Crippen molar-refractivity contribution in [3.63, 3.8) is 0 Å². The van der Waals surface area contributed by atoms with Crippen LogP contribution in [0.4, 0.5) is 4.39 Å². The molecule has 5 heteroatoms. The van der Waals surface area contributed by atoms with Crippen molar-refractivity contribution < 1.29 is 9.13 Å². The van der Waals surface area contributed by atoms with Crippen LogP contribution >= 0.6 is 11.6 Å². The van der Waals surface area contributed by atoms with Crippen LogP contribution < -0.4 is 10.5 Å². The molecule has 0 spiro atoms. The number of fused-ring (bicyclic) bond motifs is 1. The van der Waals surface area contributed by atoms with Gasteiger partial charge in [0.2, 0.25) is 0 Å². The zero-order valence-corrected chi connectivity index (χ0v) is 11.0. The zero-order valence-electron chi connectivity index (χ0n) is 10.3. The summed E-state index contributed by atoms with van der Waals surface area (Å²) < 4.78 is 18.6. The fourth-order valence-corrected chi connectivity index (χ4v) is 2.37. The van der Waals surface area contributed by atoms with Gasteiger partial charge in [0.25, 0.3) is 0 Å². The van der Waals surface area contributed by atoms with E-state index < -0.39 is 5.54 Å². The summed E-state index contributed by atoms with van der Waals surface area (Å²) in [5.41, 5.74) is 7.74. The number of halogens is 2. The van der Waals surface area contributed by atoms with Crippen LogP contribution in [-0.4, -0.2) is 11.6 Å². The molecule has 0 saturated heterocycles. The molecule has 0 unspecified atom stereocenters. The second kappa shape index (κ2) is 4.18. The second-order valence-electron chi connectivity index (χ2n) is 4.88. The minimum Gasteiger partial charge on any atom is -0.489 e. The van der Waals surface area contributed by atoms with E-state index in [2.05, 4.69) is 4.98 Å². The topological polar surface area (TPSA) is 48.1 Å². The maximum Gasteiger partial charge on any atom is 0.150 e. The molecule has 0 saturated carbocycles. The molecule has 1 aromatic carbocycles. The highest BCUT2D eigenvalue weighted by Crippen LogP contribution is 2.42. The van der Waals surface area contributed by atoms with E-state index in [-0.39, 0.29) is 5.82 Å². The smallest absolute Gasteiger partial charge is 0.150 e. The predicted molar refractivity (Wildman–Crippen MR) is 71.7 cm³/mol. The van der Waals surface area contributed by atoms with E-state index in [4.69, 9.17) is 22.1 Å². The van der Waals surface area contributed by atoms with E-state index in [0.717, 1.165) is 11.1 Å². The van der Waals surface area contributed by atoms with E-state index in [9.17, 15) is 4.39 Å². The van der Waals surface area contributed by atoms with E-state index >= 15 is 0 Å². The summed E-state index contributed by atoms with van der Waals surface area (Å²) in [7, 11) is 0. The highest BCUT2D eigenvalue weighted by molar-refractivity contribution is 6.29. The third-order valence-corrected chi connectivity index (χ3v) is 3.38. The van der Waals surface area contributed by atoms with Gasteiger partial charge < -0.3 is 10.5 Å². The van der Waals surface area contributed by atoms with E-state index in [1.807, 2.05) is 6.92 Å². The van der Waals surface area contributed by atoms with Gasteiger partial charge >= 0.3 is 0 Å². The van der Waals surface area contributed by atoms with Crippen LogP contribution in [0.2, 0.25) is 5.15 Å². The van der Waals surface area contributed by atoms with Crippen LogP contribution in [-0.2, 0) is 5.54 Å². The lowest BCUT2D eigenvalue weighted by molar-refractivity contribution is 0.283. The molecule has 19 heavy (non-hydrogen) atoms. The van der Waals surface area contributed by atoms with Gasteiger partial charge in [0.05, 0.1) is 5.54 Å². The van der Waals surface area contributed by atoms with Crippen molar-refractivity contribution >= 4 is 11.6 Å². The Hall–Kier alpha value is -1.65. The van der Waals surface area contributed by atoms with Crippen LogP contribution in [0.3, 0.4) is 0 Å². The molecule has 1 aliphatic rings. The molecule has 3 rings (SSSR count). The summed E-state index contributed by atoms with van der Waals surface area (Å²) in [5, 5.41) is 0.347. The van der Waals surface area contributed by atoms with E-state index in [0.29, 0.717) is 23.2 Å². The van der Waals surface area contributed by atoms with Gasteiger partial charge in [-0.3, -0.25) is 0 Å².